The highest BCUT2D eigenvalue weighted by atomic mass is 15.2. The van der Waals surface area contributed by atoms with Crippen LogP contribution in [0, 0.1) is 6.57 Å². The molecule has 0 bridgehead atoms. The number of hydrogen-bond acceptors (Lipinski definition) is 3. The van der Waals surface area contributed by atoms with Gasteiger partial charge in [-0.1, -0.05) is 212 Å². The molecular weight excluding hydrogens is 1140 g/mol. The predicted octanol–water partition coefficient (Wildman–Crippen LogP) is 22.4. The molecule has 13 aromatic carbocycles. The fourth-order valence-corrected chi connectivity index (χ4v) is 16.0. The third kappa shape index (κ3) is 7.71. The van der Waals surface area contributed by atoms with Gasteiger partial charge in [0, 0.05) is 88.9 Å². The highest BCUT2D eigenvalue weighted by molar-refractivity contribution is 6.18. The van der Waals surface area contributed by atoms with E-state index in [1.807, 2.05) is 24.3 Å². The lowest BCUT2D eigenvalue weighted by atomic mass is 9.86. The van der Waals surface area contributed by atoms with E-state index in [-0.39, 0.29) is 12.0 Å². The van der Waals surface area contributed by atoms with Gasteiger partial charge in [0.25, 0.3) is 0 Å². The second-order valence-corrected chi connectivity index (χ2v) is 25.1. The minimum Gasteiger partial charge on any atom is -0.333 e. The van der Waals surface area contributed by atoms with Crippen LogP contribution in [0.3, 0.4) is 0 Å². The number of para-hydroxylation sites is 6. The summed E-state index contributed by atoms with van der Waals surface area (Å²) >= 11 is 0. The van der Waals surface area contributed by atoms with Crippen molar-refractivity contribution in [1.82, 2.24) is 23.7 Å². The van der Waals surface area contributed by atoms with Gasteiger partial charge in [-0.25, -0.2) is 14.8 Å². The van der Waals surface area contributed by atoms with E-state index in [1.54, 1.807) is 0 Å². The van der Waals surface area contributed by atoms with Crippen molar-refractivity contribution in [3.8, 4) is 73.2 Å². The van der Waals surface area contributed by atoms with Crippen LogP contribution in [0.25, 0.3) is 160 Å². The van der Waals surface area contributed by atoms with Crippen LogP contribution >= 0.6 is 0 Å². The summed E-state index contributed by atoms with van der Waals surface area (Å²) in [5, 5.41) is 9.41. The number of aromatic nitrogens is 5. The van der Waals surface area contributed by atoms with Gasteiger partial charge in [-0.05, 0) is 141 Å². The number of fused-ring (bicyclic) bond motifs is 15. The van der Waals surface area contributed by atoms with E-state index in [2.05, 4.69) is 309 Å². The average molecular weight is 1200 g/mol. The van der Waals surface area contributed by atoms with Gasteiger partial charge in [0.15, 0.2) is 11.5 Å². The van der Waals surface area contributed by atoms with Gasteiger partial charge in [-0.2, -0.15) is 0 Å². The molecule has 94 heavy (non-hydrogen) atoms. The molecule has 7 nitrogen and oxygen atoms in total. The van der Waals surface area contributed by atoms with Crippen molar-refractivity contribution in [3.63, 3.8) is 0 Å². The second-order valence-electron chi connectivity index (χ2n) is 25.1. The molecule has 3 aliphatic rings. The summed E-state index contributed by atoms with van der Waals surface area (Å²) in [5.41, 5.74) is 25.4. The van der Waals surface area contributed by atoms with Crippen LogP contribution in [-0.2, 0) is 0 Å². The maximum Gasteiger partial charge on any atom is 0.187 e. The van der Waals surface area contributed by atoms with Gasteiger partial charge in [0.05, 0.1) is 57.1 Å². The summed E-state index contributed by atoms with van der Waals surface area (Å²) in [6.45, 7) is 8.07. The van der Waals surface area contributed by atoms with E-state index in [0.717, 1.165) is 111 Å². The van der Waals surface area contributed by atoms with Crippen molar-refractivity contribution in [2.75, 3.05) is 4.90 Å². The standard InChI is InChI=1S/C87H53N7/c1-88-60-22-16-21-58(45-60)87-89-85(84-71-31-17-19-53-20-18-32-72(83(53)71)86(84)90-87)59-46-63(93-75-33-12-8-27-65(75)69-41-37-56(50-81(69)93)54-39-43-79-73(48-54)67-29-10-14-35-77(67)91(79)61-23-4-2-5-24-61)52-64(47-59)94-76-34-13-9-28-66(76)70-42-38-57(51-82(70)94)55-40-44-80-74(49-55)68-30-11-15-36-78(68)92(80)62-25-6-3-7-26-62/h2-52,73,79H. The fourth-order valence-electron chi connectivity index (χ4n) is 16.0. The Morgan fingerprint density at radius 1 is 0.362 bits per heavy atom. The Bertz CT molecular complexity index is 6210. The Labute approximate surface area is 541 Å². The van der Waals surface area contributed by atoms with Crippen molar-refractivity contribution in [2.45, 2.75) is 12.0 Å². The Kier molecular flexibility index (Phi) is 11.2. The molecule has 2 unspecified atom stereocenters. The van der Waals surface area contributed by atoms with Crippen LogP contribution in [0.4, 0.5) is 17.1 Å². The molecule has 0 saturated heterocycles. The van der Waals surface area contributed by atoms with Gasteiger partial charge < -0.3 is 18.6 Å². The Morgan fingerprint density at radius 3 is 1.63 bits per heavy atom. The van der Waals surface area contributed by atoms with E-state index in [0.29, 0.717) is 11.5 Å². The minimum absolute atomic E-state index is 0.147. The topological polar surface area (TPSA) is 48.2 Å². The maximum absolute atomic E-state index is 8.07. The summed E-state index contributed by atoms with van der Waals surface area (Å²) in [7, 11) is 0. The van der Waals surface area contributed by atoms with Crippen LogP contribution in [0.5, 0.6) is 0 Å². The van der Waals surface area contributed by atoms with Crippen LogP contribution < -0.4 is 4.90 Å². The zero-order valence-electron chi connectivity index (χ0n) is 50.7. The van der Waals surface area contributed by atoms with Gasteiger partial charge in [0.2, 0.25) is 0 Å². The SMILES string of the molecule is [C-]#[N+]c1cccc(-c2nc(-c3cc(-n4c5ccccc5c5ccc(C6=CC7c8ccccc8N(c8ccccc8)C7C=C6)cc54)cc(-n4c5ccccc5c5ccc(-c6ccc7c(c6)c6ccccc6n7-c6ccccc6)cc54)c3)c3c(n2)-c2cccc4cccc-3c24)c1. The predicted molar refractivity (Wildman–Crippen MR) is 388 cm³/mol. The molecular formula is C87H53N7. The highest BCUT2D eigenvalue weighted by Gasteiger charge is 2.38. The number of hydrogen-bond donors (Lipinski definition) is 0. The van der Waals surface area contributed by atoms with E-state index in [1.165, 1.54) is 60.5 Å². The quantitative estimate of drug-likeness (QED) is 0.142. The van der Waals surface area contributed by atoms with Gasteiger partial charge in [-0.3, -0.25) is 0 Å². The zero-order valence-corrected chi connectivity index (χ0v) is 50.7. The molecule has 20 rings (SSSR count). The Morgan fingerprint density at radius 2 is 0.915 bits per heavy atom. The van der Waals surface area contributed by atoms with Crippen molar-refractivity contribution in [3.05, 3.63) is 332 Å². The molecule has 0 fully saturated rings. The highest BCUT2D eigenvalue weighted by Crippen LogP contribution is 2.53. The number of benzene rings is 13. The first-order valence-electron chi connectivity index (χ1n) is 32.1. The third-order valence-corrected chi connectivity index (χ3v) is 20.1. The molecule has 7 heteroatoms. The third-order valence-electron chi connectivity index (χ3n) is 20.1. The first-order chi connectivity index (χ1) is 46.6. The summed E-state index contributed by atoms with van der Waals surface area (Å²) in [4.78, 5) is 17.6. The molecule has 0 spiro atoms. The maximum atomic E-state index is 8.07. The first kappa shape index (κ1) is 52.2. The first-order valence-corrected chi connectivity index (χ1v) is 32.1. The van der Waals surface area contributed by atoms with Crippen LogP contribution in [0.2, 0.25) is 0 Å². The van der Waals surface area contributed by atoms with E-state index in [4.69, 9.17) is 16.5 Å². The minimum atomic E-state index is 0.147. The van der Waals surface area contributed by atoms with Crippen LogP contribution in [-0.4, -0.2) is 29.7 Å². The van der Waals surface area contributed by atoms with Gasteiger partial charge >= 0.3 is 0 Å². The molecule has 4 aromatic heterocycles. The van der Waals surface area contributed by atoms with Crippen molar-refractivity contribution >= 4 is 98.8 Å². The number of anilines is 2. The normalized spacial score (nSPS) is 14.6. The molecule has 1 aliphatic heterocycles. The smallest absolute Gasteiger partial charge is 0.187 e. The lowest BCUT2D eigenvalue weighted by Gasteiger charge is -2.29. The Balaban J connectivity index is 0.836. The van der Waals surface area contributed by atoms with Crippen molar-refractivity contribution in [1.29, 1.82) is 0 Å². The molecule has 5 heterocycles. The monoisotopic (exact) mass is 1200 g/mol. The van der Waals surface area contributed by atoms with Crippen LogP contribution in [0.1, 0.15) is 17.0 Å². The lowest BCUT2D eigenvalue weighted by molar-refractivity contribution is 0.747. The summed E-state index contributed by atoms with van der Waals surface area (Å²) in [6.07, 6.45) is 7.25. The number of rotatable bonds is 8. The van der Waals surface area contributed by atoms with Crippen molar-refractivity contribution < 1.29 is 0 Å². The summed E-state index contributed by atoms with van der Waals surface area (Å²) < 4.78 is 7.34. The molecule has 0 radical (unpaired) electrons. The molecule has 2 aliphatic carbocycles. The number of nitrogens with zero attached hydrogens (tertiary/aromatic N) is 7. The zero-order chi connectivity index (χ0) is 61.7. The fraction of sp³-hybridized carbons (Fsp3) is 0.0230. The Hall–Kier alpha value is -12.6. The summed E-state index contributed by atoms with van der Waals surface area (Å²) in [5.74, 6) is 0.726. The lowest BCUT2D eigenvalue weighted by Crippen LogP contribution is -2.28. The second kappa shape index (κ2) is 20.2. The molecule has 17 aromatic rings. The molecule has 0 amide bonds. The van der Waals surface area contributed by atoms with E-state index < -0.39 is 0 Å². The molecule has 0 saturated carbocycles. The van der Waals surface area contributed by atoms with E-state index in [9.17, 15) is 0 Å². The number of allylic oxidation sites excluding steroid dienone is 2. The largest absolute Gasteiger partial charge is 0.333 e. The van der Waals surface area contributed by atoms with Gasteiger partial charge in [0.1, 0.15) is 0 Å². The van der Waals surface area contributed by atoms with Crippen LogP contribution in [0.15, 0.2) is 309 Å². The van der Waals surface area contributed by atoms with Gasteiger partial charge in [-0.15, -0.1) is 0 Å². The summed E-state index contributed by atoms with van der Waals surface area (Å²) in [6, 6.07) is 106. The molecule has 436 valence electrons. The molecule has 2 atom stereocenters. The van der Waals surface area contributed by atoms with Crippen molar-refractivity contribution in [2.24, 2.45) is 0 Å². The molecule has 0 N–H and O–H groups in total. The van der Waals surface area contributed by atoms with E-state index >= 15 is 0 Å². The average Bonchev–Trinajstić information content (AvgIpc) is 1.55.